The minimum absolute atomic E-state index is 0.420. The van der Waals surface area contributed by atoms with Crippen LogP contribution in [0, 0.1) is 5.92 Å². The number of rotatable bonds is 3. The van der Waals surface area contributed by atoms with Crippen molar-refractivity contribution in [3.05, 3.63) is 29.6 Å². The average Bonchev–Trinajstić information content (AvgIpc) is 2.89. The molecule has 0 spiro atoms. The number of hydrogen-bond acceptors (Lipinski definition) is 2. The van der Waals surface area contributed by atoms with E-state index in [1.807, 2.05) is 12.1 Å². The lowest BCUT2D eigenvalue weighted by Gasteiger charge is -2.03. The predicted octanol–water partition coefficient (Wildman–Crippen LogP) is 1.13. The molecule has 1 amide bonds. The number of carbonyl (C=O) groups excluding carboxylic acids is 1. The zero-order valence-electron chi connectivity index (χ0n) is 7.36. The zero-order chi connectivity index (χ0) is 9.26. The molecule has 68 valence electrons. The van der Waals surface area contributed by atoms with E-state index in [0.717, 1.165) is 17.9 Å². The Labute approximate surface area is 77.0 Å². The van der Waals surface area contributed by atoms with Crippen molar-refractivity contribution in [1.29, 1.82) is 0 Å². The van der Waals surface area contributed by atoms with Crippen LogP contribution in [0.5, 0.6) is 0 Å². The van der Waals surface area contributed by atoms with Crippen molar-refractivity contribution < 1.29 is 4.79 Å². The molecule has 0 aliphatic heterocycles. The molecule has 1 saturated carbocycles. The van der Waals surface area contributed by atoms with Crippen molar-refractivity contribution >= 4 is 5.91 Å². The van der Waals surface area contributed by atoms with Crippen molar-refractivity contribution in [2.75, 3.05) is 0 Å². The smallest absolute Gasteiger partial charge is 0.267 e. The van der Waals surface area contributed by atoms with Crippen molar-refractivity contribution in [3.63, 3.8) is 0 Å². The van der Waals surface area contributed by atoms with Crippen LogP contribution >= 0.6 is 0 Å². The largest absolute Gasteiger partial charge is 0.364 e. The number of primary amides is 1. The molecule has 0 radical (unpaired) electrons. The standard InChI is InChI=1S/C10H12N2O/c11-10(13)9-8(2-1-5-12-9)6-7-3-4-7/h1-2,5,7H,3-4,6H2,(H2,11,13). The number of pyridine rings is 1. The highest BCUT2D eigenvalue weighted by molar-refractivity contribution is 5.92. The molecule has 1 aromatic rings. The summed E-state index contributed by atoms with van der Waals surface area (Å²) < 4.78 is 0. The number of carbonyl (C=O) groups is 1. The maximum atomic E-state index is 11.0. The van der Waals surface area contributed by atoms with Gasteiger partial charge in [-0.15, -0.1) is 0 Å². The van der Waals surface area contributed by atoms with Crippen LogP contribution in [0.3, 0.4) is 0 Å². The fraction of sp³-hybridized carbons (Fsp3) is 0.400. The summed E-state index contributed by atoms with van der Waals surface area (Å²) >= 11 is 0. The quantitative estimate of drug-likeness (QED) is 0.750. The van der Waals surface area contributed by atoms with Gasteiger partial charge in [-0.25, -0.2) is 0 Å². The summed E-state index contributed by atoms with van der Waals surface area (Å²) in [4.78, 5) is 15.0. The van der Waals surface area contributed by atoms with Gasteiger partial charge in [-0.05, 0) is 36.8 Å². The van der Waals surface area contributed by atoms with Gasteiger partial charge in [0, 0.05) is 6.20 Å². The minimum Gasteiger partial charge on any atom is -0.364 e. The summed E-state index contributed by atoms with van der Waals surface area (Å²) in [5.74, 6) is 0.332. The van der Waals surface area contributed by atoms with E-state index in [1.165, 1.54) is 12.8 Å². The predicted molar refractivity (Wildman–Crippen MR) is 49.2 cm³/mol. The topological polar surface area (TPSA) is 56.0 Å². The lowest BCUT2D eigenvalue weighted by atomic mass is 10.1. The summed E-state index contributed by atoms with van der Waals surface area (Å²) in [5.41, 5.74) is 6.65. The fourth-order valence-electron chi connectivity index (χ4n) is 1.46. The fourth-order valence-corrected chi connectivity index (χ4v) is 1.46. The molecule has 3 nitrogen and oxygen atoms in total. The van der Waals surface area contributed by atoms with E-state index in [-0.39, 0.29) is 0 Å². The molecule has 1 fully saturated rings. The molecule has 3 heteroatoms. The van der Waals surface area contributed by atoms with E-state index in [0.29, 0.717) is 5.69 Å². The van der Waals surface area contributed by atoms with Gasteiger partial charge in [-0.2, -0.15) is 0 Å². The molecule has 1 aliphatic rings. The molecule has 1 aromatic heterocycles. The van der Waals surface area contributed by atoms with Gasteiger partial charge < -0.3 is 5.73 Å². The normalized spacial score (nSPS) is 15.7. The molecular weight excluding hydrogens is 164 g/mol. The Kier molecular flexibility index (Phi) is 2.00. The van der Waals surface area contributed by atoms with E-state index in [1.54, 1.807) is 6.20 Å². The highest BCUT2D eigenvalue weighted by Crippen LogP contribution is 2.32. The van der Waals surface area contributed by atoms with E-state index >= 15 is 0 Å². The van der Waals surface area contributed by atoms with Gasteiger partial charge in [0.2, 0.25) is 0 Å². The number of nitrogens with two attached hydrogens (primary N) is 1. The van der Waals surface area contributed by atoms with Crippen LogP contribution in [0.15, 0.2) is 18.3 Å². The molecular formula is C10H12N2O. The first-order valence-electron chi connectivity index (χ1n) is 4.51. The van der Waals surface area contributed by atoms with Crippen molar-refractivity contribution in [1.82, 2.24) is 4.98 Å². The van der Waals surface area contributed by atoms with Crippen LogP contribution < -0.4 is 5.73 Å². The molecule has 1 aliphatic carbocycles. The Morgan fingerprint density at radius 2 is 2.38 bits per heavy atom. The van der Waals surface area contributed by atoms with Gasteiger partial charge in [0.15, 0.2) is 0 Å². The van der Waals surface area contributed by atoms with Gasteiger partial charge in [0.25, 0.3) is 5.91 Å². The van der Waals surface area contributed by atoms with Gasteiger partial charge in [-0.3, -0.25) is 9.78 Å². The summed E-state index contributed by atoms with van der Waals surface area (Å²) in [6.07, 6.45) is 5.10. The number of aromatic nitrogens is 1. The van der Waals surface area contributed by atoms with Crippen LogP contribution in [-0.2, 0) is 6.42 Å². The second kappa shape index (κ2) is 3.17. The van der Waals surface area contributed by atoms with Gasteiger partial charge >= 0.3 is 0 Å². The van der Waals surface area contributed by atoms with Crippen LogP contribution in [0.4, 0.5) is 0 Å². The van der Waals surface area contributed by atoms with E-state index in [2.05, 4.69) is 4.98 Å². The summed E-state index contributed by atoms with van der Waals surface area (Å²) in [6.45, 7) is 0. The van der Waals surface area contributed by atoms with E-state index in [9.17, 15) is 4.79 Å². The highest BCUT2D eigenvalue weighted by atomic mass is 16.1. The molecule has 0 aromatic carbocycles. The first-order chi connectivity index (χ1) is 6.27. The Bertz CT molecular complexity index is 331. The number of nitrogens with zero attached hydrogens (tertiary/aromatic N) is 1. The SMILES string of the molecule is NC(=O)c1ncccc1CC1CC1. The third-order valence-electron chi connectivity index (χ3n) is 2.33. The van der Waals surface area contributed by atoms with Gasteiger partial charge in [0.05, 0.1) is 0 Å². The number of hydrogen-bond donors (Lipinski definition) is 1. The Hall–Kier alpha value is -1.38. The van der Waals surface area contributed by atoms with Crippen LogP contribution in [0.2, 0.25) is 0 Å². The molecule has 13 heavy (non-hydrogen) atoms. The molecule has 2 N–H and O–H groups in total. The molecule has 0 saturated heterocycles. The van der Waals surface area contributed by atoms with E-state index in [4.69, 9.17) is 5.73 Å². The number of amides is 1. The van der Waals surface area contributed by atoms with E-state index < -0.39 is 5.91 Å². The average molecular weight is 176 g/mol. The van der Waals surface area contributed by atoms with Crippen LogP contribution in [-0.4, -0.2) is 10.9 Å². The van der Waals surface area contributed by atoms with Gasteiger partial charge in [-0.1, -0.05) is 6.07 Å². The van der Waals surface area contributed by atoms with Crippen molar-refractivity contribution in [2.45, 2.75) is 19.3 Å². The summed E-state index contributed by atoms with van der Waals surface area (Å²) in [7, 11) is 0. The summed E-state index contributed by atoms with van der Waals surface area (Å²) in [5, 5.41) is 0. The first kappa shape index (κ1) is 8.23. The van der Waals surface area contributed by atoms with Crippen molar-refractivity contribution in [3.8, 4) is 0 Å². The monoisotopic (exact) mass is 176 g/mol. The Morgan fingerprint density at radius 1 is 1.62 bits per heavy atom. The molecule has 1 heterocycles. The maximum absolute atomic E-state index is 11.0. The third-order valence-corrected chi connectivity index (χ3v) is 2.33. The lowest BCUT2D eigenvalue weighted by Crippen LogP contribution is -2.15. The summed E-state index contributed by atoms with van der Waals surface area (Å²) in [6, 6.07) is 3.79. The van der Waals surface area contributed by atoms with Crippen LogP contribution in [0.1, 0.15) is 28.9 Å². The Morgan fingerprint density at radius 3 is 3.00 bits per heavy atom. The maximum Gasteiger partial charge on any atom is 0.267 e. The van der Waals surface area contributed by atoms with Crippen LogP contribution in [0.25, 0.3) is 0 Å². The molecule has 0 bridgehead atoms. The molecule has 0 unspecified atom stereocenters. The Balaban J connectivity index is 2.25. The van der Waals surface area contributed by atoms with Gasteiger partial charge in [0.1, 0.15) is 5.69 Å². The second-order valence-electron chi connectivity index (χ2n) is 3.52. The molecule has 0 atom stereocenters. The minimum atomic E-state index is -0.420. The first-order valence-corrected chi connectivity index (χ1v) is 4.51. The second-order valence-corrected chi connectivity index (χ2v) is 3.52. The molecule has 2 rings (SSSR count). The highest BCUT2D eigenvalue weighted by Gasteiger charge is 2.23. The lowest BCUT2D eigenvalue weighted by molar-refractivity contribution is 0.0994. The van der Waals surface area contributed by atoms with Crippen molar-refractivity contribution in [2.24, 2.45) is 11.7 Å². The third kappa shape index (κ3) is 1.86. The zero-order valence-corrected chi connectivity index (χ0v) is 7.36.